The molecule has 0 aromatic carbocycles. The average molecular weight is 213 g/mol. The molecule has 4 heteroatoms. The Morgan fingerprint density at radius 2 is 2.20 bits per heavy atom. The van der Waals surface area contributed by atoms with Crippen LogP contribution in [0.5, 0.6) is 0 Å². The van der Waals surface area contributed by atoms with E-state index >= 15 is 0 Å². The van der Waals surface area contributed by atoms with E-state index in [0.717, 1.165) is 38.3 Å². The molecule has 15 heavy (non-hydrogen) atoms. The number of nitrogens with one attached hydrogen (secondary N) is 2. The van der Waals surface area contributed by atoms with Crippen LogP contribution in [0.1, 0.15) is 33.1 Å². The Morgan fingerprint density at radius 3 is 2.73 bits per heavy atom. The molecule has 0 aromatic heterocycles. The van der Waals surface area contributed by atoms with E-state index in [0.29, 0.717) is 12.5 Å². The third-order valence-electron chi connectivity index (χ3n) is 2.97. The molecule has 0 amide bonds. The molecular weight excluding hydrogens is 190 g/mol. The standard InChI is InChI=1S/C11H23N3O/c1-3-9(4-2)10(15)8-14-11-12-6-5-7-13-11/h9-10,15H,3-8H2,1-2H3,(H2,12,13,14). The molecule has 88 valence electrons. The molecule has 0 aliphatic carbocycles. The van der Waals surface area contributed by atoms with E-state index in [2.05, 4.69) is 29.5 Å². The number of hydrogen-bond donors (Lipinski definition) is 3. The van der Waals surface area contributed by atoms with Crippen molar-refractivity contribution in [1.82, 2.24) is 10.6 Å². The highest BCUT2D eigenvalue weighted by Gasteiger charge is 2.15. The zero-order valence-electron chi connectivity index (χ0n) is 9.79. The van der Waals surface area contributed by atoms with Crippen LogP contribution in [0.2, 0.25) is 0 Å². The number of aliphatic hydroxyl groups is 1. The van der Waals surface area contributed by atoms with Gasteiger partial charge in [0.05, 0.1) is 6.10 Å². The summed E-state index contributed by atoms with van der Waals surface area (Å²) < 4.78 is 0. The molecule has 4 nitrogen and oxygen atoms in total. The van der Waals surface area contributed by atoms with E-state index in [1.54, 1.807) is 0 Å². The maximum absolute atomic E-state index is 9.89. The van der Waals surface area contributed by atoms with Crippen molar-refractivity contribution in [3.8, 4) is 0 Å². The monoisotopic (exact) mass is 213 g/mol. The van der Waals surface area contributed by atoms with E-state index in [1.165, 1.54) is 0 Å². The molecule has 1 unspecified atom stereocenters. The van der Waals surface area contributed by atoms with Crippen molar-refractivity contribution >= 4 is 5.96 Å². The lowest BCUT2D eigenvalue weighted by atomic mass is 9.97. The van der Waals surface area contributed by atoms with Crippen molar-refractivity contribution in [2.75, 3.05) is 19.6 Å². The van der Waals surface area contributed by atoms with Gasteiger partial charge in [0.2, 0.25) is 0 Å². The molecule has 0 saturated heterocycles. The summed E-state index contributed by atoms with van der Waals surface area (Å²) in [6, 6.07) is 0. The van der Waals surface area contributed by atoms with Gasteiger partial charge in [0.25, 0.3) is 0 Å². The smallest absolute Gasteiger partial charge is 0.191 e. The first-order valence-electron chi connectivity index (χ1n) is 5.98. The molecule has 1 aliphatic rings. The van der Waals surface area contributed by atoms with Crippen molar-refractivity contribution in [2.24, 2.45) is 10.9 Å². The first kappa shape index (κ1) is 12.3. The minimum absolute atomic E-state index is 0.272. The van der Waals surface area contributed by atoms with Crippen LogP contribution in [-0.2, 0) is 0 Å². The fourth-order valence-corrected chi connectivity index (χ4v) is 1.85. The molecule has 0 aromatic rings. The number of rotatable bonds is 5. The fraction of sp³-hybridized carbons (Fsp3) is 0.909. The van der Waals surface area contributed by atoms with Gasteiger partial charge in [-0.2, -0.15) is 0 Å². The van der Waals surface area contributed by atoms with E-state index in [9.17, 15) is 5.11 Å². The normalized spacial score (nSPS) is 18.3. The molecule has 1 heterocycles. The number of nitrogens with zero attached hydrogens (tertiary/aromatic N) is 1. The van der Waals surface area contributed by atoms with Crippen LogP contribution < -0.4 is 10.6 Å². The van der Waals surface area contributed by atoms with Gasteiger partial charge in [-0.05, 0) is 12.3 Å². The Bertz CT molecular complexity index is 202. The quantitative estimate of drug-likeness (QED) is 0.631. The van der Waals surface area contributed by atoms with Gasteiger partial charge < -0.3 is 15.7 Å². The summed E-state index contributed by atoms with van der Waals surface area (Å²) in [4.78, 5) is 4.30. The number of aliphatic imine (C=N–C) groups is 1. The lowest BCUT2D eigenvalue weighted by Crippen LogP contribution is -2.45. The van der Waals surface area contributed by atoms with E-state index in [1.807, 2.05) is 0 Å². The maximum Gasteiger partial charge on any atom is 0.191 e. The maximum atomic E-state index is 9.89. The van der Waals surface area contributed by atoms with Crippen molar-refractivity contribution in [1.29, 1.82) is 0 Å². The first-order chi connectivity index (χ1) is 7.27. The van der Waals surface area contributed by atoms with Gasteiger partial charge in [0.15, 0.2) is 5.96 Å². The molecule has 3 N–H and O–H groups in total. The summed E-state index contributed by atoms with van der Waals surface area (Å²) in [6.45, 7) is 6.70. The summed E-state index contributed by atoms with van der Waals surface area (Å²) in [5.41, 5.74) is 0. The lowest BCUT2D eigenvalue weighted by molar-refractivity contribution is 0.106. The van der Waals surface area contributed by atoms with Crippen LogP contribution in [0, 0.1) is 5.92 Å². The minimum Gasteiger partial charge on any atom is -0.391 e. The Hall–Kier alpha value is -0.770. The van der Waals surface area contributed by atoms with Gasteiger partial charge >= 0.3 is 0 Å². The largest absolute Gasteiger partial charge is 0.391 e. The topological polar surface area (TPSA) is 56.6 Å². The first-order valence-corrected chi connectivity index (χ1v) is 5.98. The third-order valence-corrected chi connectivity index (χ3v) is 2.97. The van der Waals surface area contributed by atoms with Crippen molar-refractivity contribution in [3.05, 3.63) is 0 Å². The van der Waals surface area contributed by atoms with Crippen molar-refractivity contribution in [3.63, 3.8) is 0 Å². The summed E-state index contributed by atoms with van der Waals surface area (Å²) in [6.07, 6.45) is 2.88. The molecule has 0 bridgehead atoms. The van der Waals surface area contributed by atoms with Gasteiger partial charge in [-0.3, -0.25) is 4.99 Å². The number of hydrogen-bond acceptors (Lipinski definition) is 4. The van der Waals surface area contributed by atoms with E-state index in [4.69, 9.17) is 0 Å². The van der Waals surface area contributed by atoms with E-state index < -0.39 is 0 Å². The summed E-state index contributed by atoms with van der Waals surface area (Å²) in [5.74, 6) is 1.23. The van der Waals surface area contributed by atoms with Gasteiger partial charge in [0.1, 0.15) is 0 Å². The van der Waals surface area contributed by atoms with Gasteiger partial charge in [-0.1, -0.05) is 26.7 Å². The predicted octanol–water partition coefficient (Wildman–Crippen LogP) is 0.722. The summed E-state index contributed by atoms with van der Waals surface area (Å²) in [5, 5.41) is 16.2. The highest BCUT2D eigenvalue weighted by atomic mass is 16.3. The predicted molar refractivity (Wildman–Crippen MR) is 63.0 cm³/mol. The molecule has 1 atom stereocenters. The van der Waals surface area contributed by atoms with Crippen molar-refractivity contribution < 1.29 is 5.11 Å². The highest BCUT2D eigenvalue weighted by molar-refractivity contribution is 5.80. The lowest BCUT2D eigenvalue weighted by Gasteiger charge is -2.22. The van der Waals surface area contributed by atoms with Crippen LogP contribution in [0.25, 0.3) is 0 Å². The second kappa shape index (κ2) is 6.67. The molecule has 0 fully saturated rings. The Morgan fingerprint density at radius 1 is 1.47 bits per heavy atom. The van der Waals surface area contributed by atoms with Crippen LogP contribution in [-0.4, -0.2) is 36.8 Å². The molecule has 1 aliphatic heterocycles. The van der Waals surface area contributed by atoms with Crippen molar-refractivity contribution in [2.45, 2.75) is 39.2 Å². The third kappa shape index (κ3) is 4.08. The van der Waals surface area contributed by atoms with Crippen LogP contribution in [0.15, 0.2) is 4.99 Å². The Labute approximate surface area is 92.2 Å². The van der Waals surface area contributed by atoms with Gasteiger partial charge in [-0.25, -0.2) is 0 Å². The minimum atomic E-state index is -0.272. The average Bonchev–Trinajstić information content (AvgIpc) is 2.29. The zero-order chi connectivity index (χ0) is 11.1. The van der Waals surface area contributed by atoms with Crippen LogP contribution in [0.3, 0.4) is 0 Å². The van der Waals surface area contributed by atoms with Crippen LogP contribution in [0.4, 0.5) is 0 Å². The van der Waals surface area contributed by atoms with E-state index in [-0.39, 0.29) is 6.10 Å². The second-order valence-electron chi connectivity index (χ2n) is 4.04. The number of aliphatic hydroxyl groups excluding tert-OH is 1. The zero-order valence-corrected chi connectivity index (χ0v) is 9.79. The molecular formula is C11H23N3O. The number of guanidine groups is 1. The highest BCUT2D eigenvalue weighted by Crippen LogP contribution is 2.12. The Balaban J connectivity index is 2.25. The SMILES string of the molecule is CCC(CC)C(O)CNC1=NCCCN1. The molecule has 0 saturated carbocycles. The summed E-state index contributed by atoms with van der Waals surface area (Å²) in [7, 11) is 0. The van der Waals surface area contributed by atoms with Crippen LogP contribution >= 0.6 is 0 Å². The summed E-state index contributed by atoms with van der Waals surface area (Å²) >= 11 is 0. The Kier molecular flexibility index (Phi) is 5.47. The molecule has 0 spiro atoms. The molecule has 1 rings (SSSR count). The van der Waals surface area contributed by atoms with Gasteiger partial charge in [-0.15, -0.1) is 0 Å². The fourth-order valence-electron chi connectivity index (χ4n) is 1.85. The van der Waals surface area contributed by atoms with Gasteiger partial charge in [0, 0.05) is 19.6 Å². The molecule has 0 radical (unpaired) electrons. The second-order valence-corrected chi connectivity index (χ2v) is 4.04.